The number of amides is 1. The molecule has 0 bridgehead atoms. The van der Waals surface area contributed by atoms with Gasteiger partial charge in [0.15, 0.2) is 10.7 Å². The number of nitrogens with zero attached hydrogens (tertiary/aromatic N) is 2. The van der Waals surface area contributed by atoms with Crippen molar-refractivity contribution in [2.75, 3.05) is 6.54 Å². The minimum absolute atomic E-state index is 0.174. The third-order valence-corrected chi connectivity index (χ3v) is 4.80. The Morgan fingerprint density at radius 3 is 2.86 bits per heavy atom. The summed E-state index contributed by atoms with van der Waals surface area (Å²) in [4.78, 5) is 17.3. The fourth-order valence-electron chi connectivity index (χ4n) is 1.96. The molecule has 0 aliphatic heterocycles. The summed E-state index contributed by atoms with van der Waals surface area (Å²) in [5.74, 6) is -0.174. The van der Waals surface area contributed by atoms with E-state index in [-0.39, 0.29) is 5.91 Å². The summed E-state index contributed by atoms with van der Waals surface area (Å²) in [6.07, 6.45) is 2.63. The molecule has 1 aromatic carbocycles. The molecule has 0 saturated heterocycles. The van der Waals surface area contributed by atoms with Crippen LogP contribution in [0.3, 0.4) is 0 Å². The molecule has 4 nitrogen and oxygen atoms in total. The van der Waals surface area contributed by atoms with Crippen molar-refractivity contribution >= 4 is 49.7 Å². The van der Waals surface area contributed by atoms with Crippen LogP contribution < -0.4 is 5.32 Å². The maximum atomic E-state index is 12.1. The van der Waals surface area contributed by atoms with Crippen LogP contribution in [0.25, 0.3) is 4.96 Å². The molecule has 3 rings (SSSR count). The summed E-state index contributed by atoms with van der Waals surface area (Å²) in [6.45, 7) is 0.554. The van der Waals surface area contributed by atoms with Crippen molar-refractivity contribution in [2.45, 2.75) is 6.42 Å². The Kier molecular flexibility index (Phi) is 4.28. The first-order valence-corrected chi connectivity index (χ1v) is 8.34. The normalized spacial score (nSPS) is 11.0. The second-order valence-electron chi connectivity index (χ2n) is 4.44. The predicted molar refractivity (Wildman–Crippen MR) is 88.3 cm³/mol. The SMILES string of the molecule is O=C(NCCc1ccc(Cl)cc1)c1nc2sccn2c1Br. The Balaban J connectivity index is 1.62. The topological polar surface area (TPSA) is 46.4 Å². The molecule has 2 heterocycles. The van der Waals surface area contributed by atoms with Gasteiger partial charge in [-0.1, -0.05) is 23.7 Å². The molecular weight excluding hydrogens is 374 g/mol. The molecule has 7 heteroatoms. The minimum atomic E-state index is -0.174. The number of hydrogen-bond donors (Lipinski definition) is 1. The highest BCUT2D eigenvalue weighted by Gasteiger charge is 2.17. The first-order valence-electron chi connectivity index (χ1n) is 6.29. The molecule has 0 fully saturated rings. The van der Waals surface area contributed by atoms with Gasteiger partial charge >= 0.3 is 0 Å². The highest BCUT2D eigenvalue weighted by molar-refractivity contribution is 9.10. The van der Waals surface area contributed by atoms with Crippen molar-refractivity contribution in [3.8, 4) is 0 Å². The number of imidazole rings is 1. The predicted octanol–water partition coefficient (Wildman–Crippen LogP) is 3.78. The fraction of sp³-hybridized carbons (Fsp3) is 0.143. The zero-order valence-electron chi connectivity index (χ0n) is 10.8. The van der Waals surface area contributed by atoms with Crippen LogP contribution in [0, 0.1) is 0 Å². The maximum absolute atomic E-state index is 12.1. The monoisotopic (exact) mass is 383 g/mol. The van der Waals surface area contributed by atoms with E-state index in [1.54, 1.807) is 0 Å². The van der Waals surface area contributed by atoms with Gasteiger partial charge in [0.05, 0.1) is 0 Å². The number of fused-ring (bicyclic) bond motifs is 1. The lowest BCUT2D eigenvalue weighted by Gasteiger charge is -2.04. The molecule has 0 unspecified atom stereocenters. The van der Waals surface area contributed by atoms with E-state index >= 15 is 0 Å². The van der Waals surface area contributed by atoms with Crippen LogP contribution in [-0.2, 0) is 6.42 Å². The quantitative estimate of drug-likeness (QED) is 0.744. The van der Waals surface area contributed by atoms with E-state index in [1.807, 2.05) is 40.2 Å². The number of halogens is 2. The highest BCUT2D eigenvalue weighted by atomic mass is 79.9. The molecule has 0 radical (unpaired) electrons. The smallest absolute Gasteiger partial charge is 0.272 e. The van der Waals surface area contributed by atoms with Crippen LogP contribution in [0.15, 0.2) is 40.4 Å². The Bertz CT molecular complexity index is 781. The standard InChI is InChI=1S/C14H11BrClN3OS/c15-12-11(18-14-19(12)7-8-21-14)13(20)17-6-5-9-1-3-10(16)4-2-9/h1-4,7-8H,5-6H2,(H,17,20). The van der Waals surface area contributed by atoms with Crippen molar-refractivity contribution in [1.29, 1.82) is 0 Å². The van der Waals surface area contributed by atoms with Crippen LogP contribution in [0.1, 0.15) is 16.1 Å². The van der Waals surface area contributed by atoms with Crippen LogP contribution in [0.5, 0.6) is 0 Å². The Labute approximate surface area is 138 Å². The lowest BCUT2D eigenvalue weighted by Crippen LogP contribution is -2.26. The van der Waals surface area contributed by atoms with Gasteiger partial charge in [-0.05, 0) is 40.0 Å². The number of rotatable bonds is 4. The largest absolute Gasteiger partial charge is 0.350 e. The molecule has 1 N–H and O–H groups in total. The maximum Gasteiger partial charge on any atom is 0.272 e. The van der Waals surface area contributed by atoms with Crippen molar-refractivity contribution in [2.24, 2.45) is 0 Å². The van der Waals surface area contributed by atoms with E-state index in [0.29, 0.717) is 21.9 Å². The number of benzene rings is 1. The van der Waals surface area contributed by atoms with Gasteiger partial charge < -0.3 is 5.32 Å². The van der Waals surface area contributed by atoms with Gasteiger partial charge in [-0.25, -0.2) is 4.98 Å². The van der Waals surface area contributed by atoms with E-state index in [1.165, 1.54) is 11.3 Å². The molecular formula is C14H11BrClN3OS. The van der Waals surface area contributed by atoms with Gasteiger partial charge in [0, 0.05) is 23.1 Å². The molecule has 0 aliphatic rings. The van der Waals surface area contributed by atoms with Crippen LogP contribution in [0.4, 0.5) is 0 Å². The Hall–Kier alpha value is -1.37. The van der Waals surface area contributed by atoms with Crippen LogP contribution in [0.2, 0.25) is 5.02 Å². The third-order valence-electron chi connectivity index (χ3n) is 3.03. The number of carbonyl (C=O) groups excluding carboxylic acids is 1. The van der Waals surface area contributed by atoms with E-state index in [4.69, 9.17) is 11.6 Å². The number of thiazole rings is 1. The summed E-state index contributed by atoms with van der Waals surface area (Å²) in [5, 5.41) is 5.52. The summed E-state index contributed by atoms with van der Waals surface area (Å²) >= 11 is 10.7. The molecule has 0 saturated carbocycles. The average molecular weight is 385 g/mol. The van der Waals surface area contributed by atoms with Gasteiger partial charge in [0.1, 0.15) is 4.60 Å². The molecule has 0 atom stereocenters. The second-order valence-corrected chi connectivity index (χ2v) is 6.50. The van der Waals surface area contributed by atoms with Crippen LogP contribution in [-0.4, -0.2) is 21.8 Å². The lowest BCUT2D eigenvalue weighted by atomic mass is 10.1. The van der Waals surface area contributed by atoms with Crippen molar-refractivity contribution in [1.82, 2.24) is 14.7 Å². The van der Waals surface area contributed by atoms with E-state index in [0.717, 1.165) is 16.9 Å². The van der Waals surface area contributed by atoms with Gasteiger partial charge in [-0.3, -0.25) is 9.20 Å². The van der Waals surface area contributed by atoms with Gasteiger partial charge in [0.25, 0.3) is 5.91 Å². The molecule has 0 spiro atoms. The van der Waals surface area contributed by atoms with E-state index in [2.05, 4.69) is 26.2 Å². The molecule has 2 aromatic heterocycles. The zero-order chi connectivity index (χ0) is 14.8. The summed E-state index contributed by atoms with van der Waals surface area (Å²) in [5.41, 5.74) is 1.54. The molecule has 108 valence electrons. The average Bonchev–Trinajstić information content (AvgIpc) is 3.04. The minimum Gasteiger partial charge on any atom is -0.350 e. The second kappa shape index (κ2) is 6.17. The lowest BCUT2D eigenvalue weighted by molar-refractivity contribution is 0.0949. The first-order chi connectivity index (χ1) is 10.1. The first kappa shape index (κ1) is 14.6. The molecule has 3 aromatic rings. The zero-order valence-corrected chi connectivity index (χ0v) is 14.0. The molecule has 1 amide bonds. The third kappa shape index (κ3) is 3.12. The van der Waals surface area contributed by atoms with Gasteiger partial charge in [-0.15, -0.1) is 11.3 Å². The number of carbonyl (C=O) groups is 1. The summed E-state index contributed by atoms with van der Waals surface area (Å²) < 4.78 is 2.53. The van der Waals surface area contributed by atoms with E-state index in [9.17, 15) is 4.79 Å². The van der Waals surface area contributed by atoms with Crippen LogP contribution >= 0.6 is 38.9 Å². The number of hydrogen-bond acceptors (Lipinski definition) is 3. The highest BCUT2D eigenvalue weighted by Crippen LogP contribution is 2.22. The van der Waals surface area contributed by atoms with Crippen molar-refractivity contribution in [3.63, 3.8) is 0 Å². The number of nitrogens with one attached hydrogen (secondary N) is 1. The molecule has 0 aliphatic carbocycles. The fourth-order valence-corrected chi connectivity index (χ4v) is 3.47. The van der Waals surface area contributed by atoms with Gasteiger partial charge in [-0.2, -0.15) is 0 Å². The Morgan fingerprint density at radius 2 is 2.14 bits per heavy atom. The summed E-state index contributed by atoms with van der Waals surface area (Å²) in [7, 11) is 0. The molecule has 21 heavy (non-hydrogen) atoms. The van der Waals surface area contributed by atoms with E-state index < -0.39 is 0 Å². The Morgan fingerprint density at radius 1 is 1.38 bits per heavy atom. The van der Waals surface area contributed by atoms with Crippen molar-refractivity contribution in [3.05, 3.63) is 56.7 Å². The van der Waals surface area contributed by atoms with Crippen molar-refractivity contribution < 1.29 is 4.79 Å². The number of aromatic nitrogens is 2. The van der Waals surface area contributed by atoms with Gasteiger partial charge in [0.2, 0.25) is 0 Å². The summed E-state index contributed by atoms with van der Waals surface area (Å²) in [6, 6.07) is 7.60.